The van der Waals surface area contributed by atoms with Gasteiger partial charge in [0.05, 0.1) is 0 Å². The Balaban J connectivity index is 1.64. The van der Waals surface area contributed by atoms with Gasteiger partial charge in [-0.15, -0.1) is 0 Å². The molecule has 1 aliphatic carbocycles. The van der Waals surface area contributed by atoms with Gasteiger partial charge in [-0.25, -0.2) is 4.79 Å². The van der Waals surface area contributed by atoms with Crippen LogP contribution in [0, 0.1) is 5.92 Å². The van der Waals surface area contributed by atoms with Gasteiger partial charge in [-0.05, 0) is 52.0 Å². The minimum atomic E-state index is -0.569. The summed E-state index contributed by atoms with van der Waals surface area (Å²) in [4.78, 5) is 35.8. The van der Waals surface area contributed by atoms with Crippen LogP contribution in [0.15, 0.2) is 30.3 Å². The first kappa shape index (κ1) is 21.7. The summed E-state index contributed by atoms with van der Waals surface area (Å²) < 4.78 is 10.4. The summed E-state index contributed by atoms with van der Waals surface area (Å²) in [5.41, 5.74) is 0.365. The molecule has 7 nitrogen and oxygen atoms in total. The highest BCUT2D eigenvalue weighted by atomic mass is 16.6. The van der Waals surface area contributed by atoms with Crippen molar-refractivity contribution in [3.8, 4) is 0 Å². The van der Waals surface area contributed by atoms with Crippen molar-refractivity contribution in [1.29, 1.82) is 0 Å². The van der Waals surface area contributed by atoms with E-state index in [0.717, 1.165) is 5.56 Å². The van der Waals surface area contributed by atoms with E-state index < -0.39 is 17.7 Å². The molecule has 2 rings (SSSR count). The van der Waals surface area contributed by atoms with Gasteiger partial charge < -0.3 is 20.1 Å². The van der Waals surface area contributed by atoms with E-state index in [9.17, 15) is 14.4 Å². The van der Waals surface area contributed by atoms with Crippen LogP contribution in [0.4, 0.5) is 4.79 Å². The van der Waals surface area contributed by atoms with E-state index in [1.807, 2.05) is 30.3 Å². The van der Waals surface area contributed by atoms with Crippen LogP contribution in [0.1, 0.15) is 52.0 Å². The predicted molar refractivity (Wildman–Crippen MR) is 104 cm³/mol. The quantitative estimate of drug-likeness (QED) is 0.729. The average molecular weight is 390 g/mol. The zero-order valence-corrected chi connectivity index (χ0v) is 16.8. The summed E-state index contributed by atoms with van der Waals surface area (Å²) in [5.74, 6) is -0.742. The lowest BCUT2D eigenvalue weighted by Crippen LogP contribution is -2.42. The van der Waals surface area contributed by atoms with Gasteiger partial charge in [0.2, 0.25) is 5.91 Å². The van der Waals surface area contributed by atoms with Crippen LogP contribution in [0.5, 0.6) is 0 Å². The molecule has 2 amide bonds. The van der Waals surface area contributed by atoms with Crippen molar-refractivity contribution in [2.45, 2.75) is 64.7 Å². The van der Waals surface area contributed by atoms with Gasteiger partial charge in [0, 0.05) is 12.0 Å². The average Bonchev–Trinajstić information content (AvgIpc) is 2.64. The molecule has 1 aromatic rings. The number of carbonyl (C=O) groups excluding carboxylic acids is 3. The molecule has 1 aliphatic rings. The monoisotopic (exact) mass is 390 g/mol. The fraction of sp³-hybridized carbons (Fsp3) is 0.571. The van der Waals surface area contributed by atoms with Gasteiger partial charge >= 0.3 is 12.1 Å². The van der Waals surface area contributed by atoms with Crippen molar-refractivity contribution in [2.24, 2.45) is 5.92 Å². The van der Waals surface area contributed by atoms with Crippen LogP contribution >= 0.6 is 0 Å². The third-order valence-electron chi connectivity index (χ3n) is 4.46. The van der Waals surface area contributed by atoms with Gasteiger partial charge in [-0.1, -0.05) is 30.3 Å². The van der Waals surface area contributed by atoms with E-state index in [1.165, 1.54) is 0 Å². The lowest BCUT2D eigenvalue weighted by atomic mass is 9.85. The minimum Gasteiger partial charge on any atom is -0.459 e. The highest BCUT2D eigenvalue weighted by Crippen LogP contribution is 2.24. The zero-order valence-electron chi connectivity index (χ0n) is 16.8. The second-order valence-corrected chi connectivity index (χ2v) is 8.06. The molecule has 7 heteroatoms. The minimum absolute atomic E-state index is 0.00169. The predicted octanol–water partition coefficient (Wildman–Crippen LogP) is 2.93. The lowest BCUT2D eigenvalue weighted by molar-refractivity contribution is -0.154. The Hall–Kier alpha value is -2.57. The summed E-state index contributed by atoms with van der Waals surface area (Å²) in [6, 6.07) is 9.49. The standard InChI is InChI=1S/C21H30N2O5/c1-21(2,3)28-18(24)13-22-19(25)16-9-11-17(12-10-16)23-20(26)27-14-15-7-5-4-6-8-15/h4-8,16-17H,9-14H2,1-3H3,(H,22,25)(H,23,26). The topological polar surface area (TPSA) is 93.7 Å². The maximum atomic E-state index is 12.2. The first-order valence-corrected chi connectivity index (χ1v) is 9.70. The van der Waals surface area contributed by atoms with Gasteiger partial charge in [0.15, 0.2) is 0 Å². The zero-order chi connectivity index (χ0) is 20.6. The fourth-order valence-electron chi connectivity index (χ4n) is 3.11. The van der Waals surface area contributed by atoms with Gasteiger partial charge in [-0.2, -0.15) is 0 Å². The van der Waals surface area contributed by atoms with Gasteiger partial charge in [0.1, 0.15) is 18.8 Å². The molecule has 0 unspecified atom stereocenters. The van der Waals surface area contributed by atoms with E-state index in [1.54, 1.807) is 20.8 Å². The van der Waals surface area contributed by atoms with Crippen LogP contribution in [-0.4, -0.2) is 36.2 Å². The first-order valence-electron chi connectivity index (χ1n) is 9.70. The largest absolute Gasteiger partial charge is 0.459 e. The summed E-state index contributed by atoms with van der Waals surface area (Å²) in [6.45, 7) is 5.46. The maximum Gasteiger partial charge on any atom is 0.407 e. The molecule has 28 heavy (non-hydrogen) atoms. The number of hydrogen-bond donors (Lipinski definition) is 2. The van der Waals surface area contributed by atoms with Gasteiger partial charge in [-0.3, -0.25) is 9.59 Å². The first-order chi connectivity index (χ1) is 13.2. The van der Waals surface area contributed by atoms with Crippen LogP contribution in [0.25, 0.3) is 0 Å². The molecule has 2 N–H and O–H groups in total. The molecule has 0 bridgehead atoms. The molecule has 0 atom stereocenters. The number of benzene rings is 1. The lowest BCUT2D eigenvalue weighted by Gasteiger charge is -2.28. The fourth-order valence-corrected chi connectivity index (χ4v) is 3.11. The summed E-state index contributed by atoms with van der Waals surface area (Å²) in [5, 5.41) is 5.50. The molecule has 0 aliphatic heterocycles. The Morgan fingerprint density at radius 3 is 2.29 bits per heavy atom. The Kier molecular flexibility index (Phi) is 7.84. The van der Waals surface area contributed by atoms with Crippen molar-refractivity contribution < 1.29 is 23.9 Å². The molecule has 1 fully saturated rings. The second kappa shape index (κ2) is 10.1. The Bertz CT molecular complexity index is 661. The number of hydrogen-bond acceptors (Lipinski definition) is 5. The number of amides is 2. The Labute approximate surface area is 166 Å². The molecule has 0 heterocycles. The third kappa shape index (κ3) is 7.98. The van der Waals surface area contributed by atoms with E-state index in [0.29, 0.717) is 25.7 Å². The van der Waals surface area contributed by atoms with Crippen molar-refractivity contribution in [3.63, 3.8) is 0 Å². The molecule has 154 valence electrons. The Morgan fingerprint density at radius 1 is 1.04 bits per heavy atom. The summed E-state index contributed by atoms with van der Waals surface area (Å²) in [7, 11) is 0. The molecule has 1 saturated carbocycles. The van der Waals surface area contributed by atoms with Gasteiger partial charge in [0.25, 0.3) is 0 Å². The highest BCUT2D eigenvalue weighted by Gasteiger charge is 2.28. The number of rotatable bonds is 6. The van der Waals surface area contributed by atoms with Crippen LogP contribution < -0.4 is 10.6 Å². The molecular formula is C21H30N2O5. The van der Waals surface area contributed by atoms with Crippen LogP contribution in [0.2, 0.25) is 0 Å². The number of carbonyl (C=O) groups is 3. The number of alkyl carbamates (subject to hydrolysis) is 1. The molecule has 0 saturated heterocycles. The summed E-state index contributed by atoms with van der Waals surface area (Å²) in [6.07, 6.45) is 2.27. The second-order valence-electron chi connectivity index (χ2n) is 8.06. The SMILES string of the molecule is CC(C)(C)OC(=O)CNC(=O)C1CCC(NC(=O)OCc2ccccc2)CC1. The van der Waals surface area contributed by atoms with E-state index in [2.05, 4.69) is 10.6 Å². The van der Waals surface area contributed by atoms with E-state index in [-0.39, 0.29) is 31.0 Å². The van der Waals surface area contributed by atoms with E-state index >= 15 is 0 Å². The molecule has 1 aromatic carbocycles. The highest BCUT2D eigenvalue weighted by molar-refractivity contribution is 5.83. The number of ether oxygens (including phenoxy) is 2. The molecule has 0 radical (unpaired) electrons. The number of esters is 1. The Morgan fingerprint density at radius 2 is 1.68 bits per heavy atom. The van der Waals surface area contributed by atoms with Crippen LogP contribution in [-0.2, 0) is 25.7 Å². The van der Waals surface area contributed by atoms with Crippen molar-refractivity contribution in [2.75, 3.05) is 6.54 Å². The maximum absolute atomic E-state index is 12.2. The van der Waals surface area contributed by atoms with E-state index in [4.69, 9.17) is 9.47 Å². The smallest absolute Gasteiger partial charge is 0.407 e. The van der Waals surface area contributed by atoms with Crippen molar-refractivity contribution >= 4 is 18.0 Å². The summed E-state index contributed by atoms with van der Waals surface area (Å²) >= 11 is 0. The molecule has 0 aromatic heterocycles. The normalized spacial score (nSPS) is 19.4. The van der Waals surface area contributed by atoms with Crippen molar-refractivity contribution in [3.05, 3.63) is 35.9 Å². The number of nitrogens with one attached hydrogen (secondary N) is 2. The molecule has 0 spiro atoms. The third-order valence-corrected chi connectivity index (χ3v) is 4.46. The van der Waals surface area contributed by atoms with Crippen LogP contribution in [0.3, 0.4) is 0 Å². The van der Waals surface area contributed by atoms with Crippen molar-refractivity contribution in [1.82, 2.24) is 10.6 Å². The molecular weight excluding hydrogens is 360 g/mol.